The van der Waals surface area contributed by atoms with Gasteiger partial charge in [0.2, 0.25) is 0 Å². The third kappa shape index (κ3) is 0.328. The van der Waals surface area contributed by atoms with Crippen LogP contribution in [0.1, 0.15) is 65.7 Å². The molecule has 0 aromatic rings. The van der Waals surface area contributed by atoms with Crippen molar-refractivity contribution < 1.29 is 16.4 Å². The van der Waals surface area contributed by atoms with Crippen molar-refractivity contribution in [1.82, 2.24) is 0 Å². The third-order valence-electron chi connectivity index (χ3n) is 19.7. The van der Waals surface area contributed by atoms with E-state index in [1.165, 1.54) is 64.4 Å². The maximum absolute atomic E-state index is 9.34. The van der Waals surface area contributed by atoms with Gasteiger partial charge in [-0.05, 0) is 0 Å². The molecule has 10 rings (SSSR count). The molecule has 1 N–H and O–H groups in total. The molecule has 0 bridgehead atoms. The van der Waals surface area contributed by atoms with Crippen molar-refractivity contribution in [3.8, 4) is 0 Å². The first kappa shape index (κ1) is 17.1. The average molecular weight is 473 g/mol. The summed E-state index contributed by atoms with van der Waals surface area (Å²) in [7, 11) is -1.27. The van der Waals surface area contributed by atoms with Crippen LogP contribution >= 0.6 is 0 Å². The van der Waals surface area contributed by atoms with Crippen molar-refractivity contribution in [3.63, 3.8) is 0 Å². The summed E-state index contributed by atoms with van der Waals surface area (Å²) in [6, 6.07) is 5.15. The van der Waals surface area contributed by atoms with E-state index in [0.717, 1.165) is 21.3 Å². The Morgan fingerprint density at radius 2 is 1.30 bits per heavy atom. The van der Waals surface area contributed by atoms with E-state index < -0.39 is 14.6 Å². The molecular weight excluding hydrogens is 428 g/mol. The quantitative estimate of drug-likeness (QED) is 0.194. The molecule has 0 saturated carbocycles. The van der Waals surface area contributed by atoms with Gasteiger partial charge >= 0.3 is 175 Å². The van der Waals surface area contributed by atoms with Crippen LogP contribution in [-0.4, -0.2) is 33.0 Å². The van der Waals surface area contributed by atoms with Crippen LogP contribution in [0.5, 0.6) is 0 Å². The summed E-state index contributed by atoms with van der Waals surface area (Å²) >= 11 is 0. The fourth-order valence-electron chi connectivity index (χ4n) is 21.9. The Kier molecular flexibility index (Phi) is 1.35. The third-order valence-corrected chi connectivity index (χ3v) is 75.0. The maximum atomic E-state index is 9.34. The second-order valence-corrected chi connectivity index (χ2v) is 44.3. The molecule has 2 nitrogen and oxygen atoms in total. The second kappa shape index (κ2) is 2.36. The van der Waals surface area contributed by atoms with E-state index >= 15 is 0 Å². The summed E-state index contributed by atoms with van der Waals surface area (Å²) in [6.45, 7) is 6.37. The van der Waals surface area contributed by atoms with Gasteiger partial charge in [0.05, 0.1) is 0 Å². The zero-order valence-electron chi connectivity index (χ0n) is 19.5. The van der Waals surface area contributed by atoms with Crippen LogP contribution < -0.4 is 0 Å². The molecule has 5 atom stereocenters. The van der Waals surface area contributed by atoms with E-state index in [-0.39, 0.29) is 0 Å². The first-order valence-electron chi connectivity index (χ1n) is 13.8. The SMILES string of the molecule is CCCC[Si](CCCC)(CCCC)[C]12[CH]3[CH]4[CH]5[C]1(COCCCO)[Fe]45321678[CH]2[CH]1[CH]6[CH]7[CH]28. The van der Waals surface area contributed by atoms with Gasteiger partial charge in [0.25, 0.3) is 0 Å². The van der Waals surface area contributed by atoms with E-state index in [2.05, 4.69) is 20.8 Å². The predicted octanol–water partition coefficient (Wildman–Crippen LogP) is 7.90. The van der Waals surface area contributed by atoms with Crippen LogP contribution in [-0.2, 0) is 11.2 Å². The van der Waals surface area contributed by atoms with Crippen LogP contribution in [0.15, 0.2) is 0 Å². The summed E-state index contributed by atoms with van der Waals surface area (Å²) in [4.78, 5) is 11.2. The number of aliphatic hydroxyl groups is 1. The van der Waals surface area contributed by atoms with Crippen molar-refractivity contribution in [2.45, 2.75) is 131 Å². The van der Waals surface area contributed by atoms with Crippen LogP contribution in [0.4, 0.5) is 0 Å². The zero-order chi connectivity index (χ0) is 20.3. The van der Waals surface area contributed by atoms with Gasteiger partial charge in [-0.15, -0.1) is 0 Å². The minimum absolute atomic E-state index is 0.310. The Morgan fingerprint density at radius 1 is 0.767 bits per heavy atom. The van der Waals surface area contributed by atoms with Gasteiger partial charge in [-0.1, -0.05) is 0 Å². The summed E-state index contributed by atoms with van der Waals surface area (Å²) in [6.07, 6.45) is 9.78. The summed E-state index contributed by atoms with van der Waals surface area (Å²) in [5.74, 6) is 0. The molecule has 0 aliphatic carbocycles. The molecule has 0 aromatic heterocycles. The van der Waals surface area contributed by atoms with Crippen molar-refractivity contribution in [2.24, 2.45) is 0 Å². The van der Waals surface area contributed by atoms with Gasteiger partial charge in [-0.3, -0.25) is 0 Å². The van der Waals surface area contributed by atoms with Crippen molar-refractivity contribution >= 4 is 8.07 Å². The molecule has 0 amide bonds. The summed E-state index contributed by atoms with van der Waals surface area (Å²) < 4.78 is 8.56. The number of fused-ring (bicyclic) bond motifs is 10. The number of unbranched alkanes of at least 4 members (excludes halogenated alkanes) is 3. The van der Waals surface area contributed by atoms with E-state index in [9.17, 15) is 5.11 Å². The molecule has 10 fully saturated rings. The van der Waals surface area contributed by atoms with Gasteiger partial charge in [0.15, 0.2) is 0 Å². The Morgan fingerprint density at radius 3 is 1.70 bits per heavy atom. The van der Waals surface area contributed by atoms with Crippen molar-refractivity contribution in [1.29, 1.82) is 0 Å². The minimum atomic E-state index is -3.39. The van der Waals surface area contributed by atoms with Gasteiger partial charge in [-0.25, -0.2) is 0 Å². The number of aliphatic hydroxyl groups excluding tert-OH is 1. The predicted molar refractivity (Wildman–Crippen MR) is 123 cm³/mol. The normalized spacial score (nSPS) is 75.9. The zero-order valence-corrected chi connectivity index (χ0v) is 21.6. The van der Waals surface area contributed by atoms with E-state index in [0.29, 0.717) is 6.61 Å². The van der Waals surface area contributed by atoms with E-state index in [1.807, 2.05) is 0 Å². The van der Waals surface area contributed by atoms with Gasteiger partial charge in [0, 0.05) is 0 Å². The fourth-order valence-corrected chi connectivity index (χ4v) is 125. The molecule has 0 radical (unpaired) electrons. The monoisotopic (exact) mass is 472 g/mol. The van der Waals surface area contributed by atoms with Gasteiger partial charge in [0.1, 0.15) is 0 Å². The molecule has 1 spiro atoms. The summed E-state index contributed by atoms with van der Waals surface area (Å²) in [5, 5.41) is 9.34. The Bertz CT molecular complexity index is 1180. The topological polar surface area (TPSA) is 29.5 Å². The van der Waals surface area contributed by atoms with Gasteiger partial charge in [-0.2, -0.15) is 0 Å². The molecule has 172 valence electrons. The Balaban J connectivity index is 1.18. The molecule has 5 unspecified atom stereocenters. The molecule has 10 aliphatic rings. The Labute approximate surface area is 174 Å². The second-order valence-electron chi connectivity index (χ2n) is 15.6. The van der Waals surface area contributed by atoms with Gasteiger partial charge < -0.3 is 0 Å². The molecule has 10 aliphatic heterocycles. The first-order valence-corrected chi connectivity index (χ1v) is 22.7. The molecule has 10 heterocycles. The molecule has 0 aromatic carbocycles. The van der Waals surface area contributed by atoms with Crippen LogP contribution in [0.25, 0.3) is 0 Å². The van der Waals surface area contributed by atoms with Crippen LogP contribution in [0.2, 0.25) is 64.9 Å². The molecule has 30 heavy (non-hydrogen) atoms. The van der Waals surface area contributed by atoms with Crippen molar-refractivity contribution in [3.05, 3.63) is 0 Å². The number of hydrogen-bond donors (Lipinski definition) is 1. The molecule has 10 saturated heterocycles. The number of rotatable bonds is 15. The Hall–Kier alpha value is 0.656. The van der Waals surface area contributed by atoms with E-state index in [1.54, 1.807) is 37.4 Å². The van der Waals surface area contributed by atoms with Crippen molar-refractivity contribution in [2.75, 3.05) is 19.8 Å². The molecule has 4 heteroatoms. The number of ether oxygens (including phenoxy) is 1. The standard InChI is InChI=1S/C21H39O2Si.C5H5.Fe/c1-4-7-16-24(17-8-5-2,18-9-6-3)21-13-10-12-20(21)19-23-15-11-14-22;1-2-4-5-3-1;/h10,12-13,22H,4-9,11,14-19H2,1-3H3;1-5H;. The summed E-state index contributed by atoms with van der Waals surface area (Å²) in [5.41, 5.74) is 0. The first-order chi connectivity index (χ1) is 14.4. The van der Waals surface area contributed by atoms with Crippen LogP contribution in [0, 0.1) is 0 Å². The van der Waals surface area contributed by atoms with Crippen LogP contribution in [0.3, 0.4) is 0 Å². The fraction of sp³-hybridized carbons (Fsp3) is 1.00. The van der Waals surface area contributed by atoms with E-state index in [4.69, 9.17) is 4.74 Å². The average Bonchev–Trinajstić information content (AvgIpc) is 3.71. The number of hydrogen-bond acceptors (Lipinski definition) is 2. The molecular formula is C26H44FeO2Si.